The Morgan fingerprint density at radius 1 is 0.943 bits per heavy atom. The van der Waals surface area contributed by atoms with Crippen LogP contribution in [0.4, 0.5) is 0 Å². The van der Waals surface area contributed by atoms with Crippen molar-refractivity contribution in [2.24, 2.45) is 5.73 Å². The van der Waals surface area contributed by atoms with E-state index >= 15 is 0 Å². The third-order valence-corrected chi connectivity index (χ3v) is 8.85. The van der Waals surface area contributed by atoms with E-state index in [0.717, 1.165) is 49.4 Å². The van der Waals surface area contributed by atoms with Gasteiger partial charge in [0.1, 0.15) is 5.75 Å². The molecular weight excluding hydrogens is 452 g/mol. The first-order chi connectivity index (χ1) is 17.1. The lowest BCUT2D eigenvalue weighted by Gasteiger charge is -2.22. The fraction of sp³-hybridized carbons (Fsp3) is 0.452. The molecule has 0 unspecified atom stereocenters. The molecule has 3 saturated carbocycles. The number of nitrogens with zero attached hydrogens (tertiary/aromatic N) is 1. The number of ether oxygens (including phenoxy) is 1. The molecule has 0 aliphatic heterocycles. The fourth-order valence-electron chi connectivity index (χ4n) is 5.76. The molecule has 6 rings (SSSR count). The number of halogens is 1. The third-order valence-electron chi connectivity index (χ3n) is 8.49. The lowest BCUT2D eigenvalue weighted by Crippen LogP contribution is -2.12. The normalized spacial score (nSPS) is 19.4. The van der Waals surface area contributed by atoms with Crippen LogP contribution < -0.4 is 10.5 Å². The number of para-hydroxylation sites is 1. The van der Waals surface area contributed by atoms with E-state index in [1.807, 2.05) is 6.20 Å². The van der Waals surface area contributed by atoms with Gasteiger partial charge < -0.3 is 10.5 Å². The van der Waals surface area contributed by atoms with E-state index in [1.54, 1.807) is 0 Å². The maximum Gasteiger partial charge on any atom is 0.127 e. The maximum atomic E-state index is 6.72. The van der Waals surface area contributed by atoms with Crippen LogP contribution in [0.1, 0.15) is 74.5 Å². The summed E-state index contributed by atoms with van der Waals surface area (Å²) in [5.74, 6) is 1.00. The molecule has 2 aromatic carbocycles. The molecule has 0 radical (unpaired) electrons. The Balaban J connectivity index is 1.25. The van der Waals surface area contributed by atoms with E-state index < -0.39 is 0 Å². The molecule has 35 heavy (non-hydrogen) atoms. The van der Waals surface area contributed by atoms with Crippen molar-refractivity contribution >= 4 is 11.6 Å². The largest absolute Gasteiger partial charge is 0.490 e. The molecule has 0 bridgehead atoms. The van der Waals surface area contributed by atoms with Gasteiger partial charge >= 0.3 is 0 Å². The van der Waals surface area contributed by atoms with Gasteiger partial charge in [-0.1, -0.05) is 41.9 Å². The van der Waals surface area contributed by atoms with Crippen molar-refractivity contribution in [2.75, 3.05) is 6.54 Å². The molecule has 0 amide bonds. The van der Waals surface area contributed by atoms with Gasteiger partial charge in [0.05, 0.1) is 6.10 Å². The number of benzene rings is 2. The second kappa shape index (κ2) is 9.26. The van der Waals surface area contributed by atoms with E-state index in [0.29, 0.717) is 11.5 Å². The summed E-state index contributed by atoms with van der Waals surface area (Å²) < 4.78 is 6.28. The number of aromatic nitrogens is 1. The van der Waals surface area contributed by atoms with Crippen LogP contribution in [0.2, 0.25) is 5.02 Å². The van der Waals surface area contributed by atoms with Gasteiger partial charge in [0.25, 0.3) is 0 Å². The maximum absolute atomic E-state index is 6.72. The highest BCUT2D eigenvalue weighted by atomic mass is 35.5. The molecule has 182 valence electrons. The highest BCUT2D eigenvalue weighted by molar-refractivity contribution is 6.31. The Labute approximate surface area is 214 Å². The summed E-state index contributed by atoms with van der Waals surface area (Å²) in [6, 6.07) is 17.4. The number of hydrogen-bond donors (Lipinski definition) is 1. The second-order valence-corrected chi connectivity index (χ2v) is 11.4. The molecule has 2 N–H and O–H groups in total. The Morgan fingerprint density at radius 2 is 1.74 bits per heavy atom. The Bertz CT molecular complexity index is 1210. The first-order valence-electron chi connectivity index (χ1n) is 13.3. The summed E-state index contributed by atoms with van der Waals surface area (Å²) in [5.41, 5.74) is 12.9. The highest BCUT2D eigenvalue weighted by Crippen LogP contribution is 2.56. The van der Waals surface area contributed by atoms with Gasteiger partial charge in [-0.25, -0.2) is 0 Å². The molecule has 3 aliphatic rings. The number of aryl methyl sites for hydroxylation is 1. The van der Waals surface area contributed by atoms with Gasteiger partial charge in [0, 0.05) is 23.0 Å². The Hall–Kier alpha value is -2.36. The van der Waals surface area contributed by atoms with Gasteiger partial charge in [-0.05, 0) is 122 Å². The molecule has 4 heteroatoms. The van der Waals surface area contributed by atoms with Crippen molar-refractivity contribution in [2.45, 2.75) is 81.1 Å². The van der Waals surface area contributed by atoms with Gasteiger partial charge in [-0.2, -0.15) is 0 Å². The van der Waals surface area contributed by atoms with Crippen molar-refractivity contribution < 1.29 is 4.74 Å². The van der Waals surface area contributed by atoms with Crippen LogP contribution >= 0.6 is 11.6 Å². The predicted molar refractivity (Wildman–Crippen MR) is 143 cm³/mol. The summed E-state index contributed by atoms with van der Waals surface area (Å²) >= 11 is 6.72. The zero-order valence-electron chi connectivity index (χ0n) is 20.4. The van der Waals surface area contributed by atoms with Crippen LogP contribution in [0, 0.1) is 0 Å². The molecule has 3 aliphatic carbocycles. The van der Waals surface area contributed by atoms with Gasteiger partial charge in [-0.15, -0.1) is 0 Å². The zero-order chi connectivity index (χ0) is 23.9. The second-order valence-electron chi connectivity index (χ2n) is 11.0. The number of rotatable bonds is 11. The Kier molecular flexibility index (Phi) is 6.10. The predicted octanol–water partition coefficient (Wildman–Crippen LogP) is 7.38. The quantitative estimate of drug-likeness (QED) is 0.307. The van der Waals surface area contributed by atoms with E-state index in [2.05, 4.69) is 59.7 Å². The molecule has 0 saturated heterocycles. The summed E-state index contributed by atoms with van der Waals surface area (Å²) in [6.45, 7) is 0.771. The first-order valence-corrected chi connectivity index (χ1v) is 13.7. The SMILES string of the molecule is NCCCC1(c2ccc(Cl)c(CCC3(c4cnccc4-c4ccccc4OC4CC4)CC3)c2)CC1. The zero-order valence-corrected chi connectivity index (χ0v) is 21.2. The van der Waals surface area contributed by atoms with Crippen LogP contribution in [0.3, 0.4) is 0 Å². The molecule has 3 nitrogen and oxygen atoms in total. The van der Waals surface area contributed by atoms with Crippen LogP contribution in [-0.2, 0) is 17.3 Å². The van der Waals surface area contributed by atoms with Crippen molar-refractivity contribution in [1.29, 1.82) is 0 Å². The van der Waals surface area contributed by atoms with Crippen LogP contribution in [0.25, 0.3) is 11.1 Å². The number of nitrogens with two attached hydrogens (primary N) is 1. The summed E-state index contributed by atoms with van der Waals surface area (Å²) in [7, 11) is 0. The van der Waals surface area contributed by atoms with E-state index in [1.165, 1.54) is 59.9 Å². The lowest BCUT2D eigenvalue weighted by atomic mass is 9.84. The minimum atomic E-state index is 0.173. The molecule has 1 heterocycles. The number of hydrogen-bond acceptors (Lipinski definition) is 3. The molecule has 0 spiro atoms. The smallest absolute Gasteiger partial charge is 0.127 e. The standard InChI is InChI=1S/C31H35ClN2O/c32-28-9-6-23(30(14-15-30)12-3-18-33)20-22(28)10-13-31(16-17-31)27-21-34-19-11-25(27)26-4-1-2-5-29(26)35-24-7-8-24/h1-2,4-6,9,11,19-21,24H,3,7-8,10,12-18,33H2. The molecule has 3 fully saturated rings. The summed E-state index contributed by atoms with van der Waals surface area (Å²) in [5, 5.41) is 0.897. The Morgan fingerprint density at radius 3 is 2.49 bits per heavy atom. The van der Waals surface area contributed by atoms with E-state index in [-0.39, 0.29) is 5.41 Å². The number of pyridine rings is 1. The first kappa shape index (κ1) is 23.1. The van der Waals surface area contributed by atoms with E-state index in [4.69, 9.17) is 22.1 Å². The van der Waals surface area contributed by atoms with Gasteiger partial charge in [0.15, 0.2) is 0 Å². The minimum absolute atomic E-state index is 0.173. The highest BCUT2D eigenvalue weighted by Gasteiger charge is 2.46. The topological polar surface area (TPSA) is 48.1 Å². The van der Waals surface area contributed by atoms with Crippen molar-refractivity contribution in [3.63, 3.8) is 0 Å². The van der Waals surface area contributed by atoms with Crippen LogP contribution in [0.15, 0.2) is 60.9 Å². The van der Waals surface area contributed by atoms with E-state index in [9.17, 15) is 0 Å². The monoisotopic (exact) mass is 486 g/mol. The van der Waals surface area contributed by atoms with Crippen LogP contribution in [-0.4, -0.2) is 17.6 Å². The lowest BCUT2D eigenvalue weighted by molar-refractivity contribution is 0.304. The van der Waals surface area contributed by atoms with Gasteiger partial charge in [-0.3, -0.25) is 4.98 Å². The third kappa shape index (κ3) is 4.73. The van der Waals surface area contributed by atoms with Crippen molar-refractivity contribution in [1.82, 2.24) is 4.98 Å². The van der Waals surface area contributed by atoms with Crippen molar-refractivity contribution in [3.8, 4) is 16.9 Å². The molecule has 1 aromatic heterocycles. The molecular formula is C31H35ClN2O. The molecule has 0 atom stereocenters. The molecule has 3 aromatic rings. The fourth-order valence-corrected chi connectivity index (χ4v) is 5.97. The van der Waals surface area contributed by atoms with Crippen LogP contribution in [0.5, 0.6) is 5.75 Å². The minimum Gasteiger partial charge on any atom is -0.490 e. The average Bonchev–Trinajstić information content (AvgIpc) is 3.74. The average molecular weight is 487 g/mol. The van der Waals surface area contributed by atoms with Crippen molar-refractivity contribution in [3.05, 3.63) is 82.6 Å². The van der Waals surface area contributed by atoms with Gasteiger partial charge in [0.2, 0.25) is 0 Å². The summed E-state index contributed by atoms with van der Waals surface area (Å²) in [4.78, 5) is 4.56. The summed E-state index contributed by atoms with van der Waals surface area (Å²) in [6.07, 6.45) is 16.1.